The molecule has 0 aliphatic heterocycles. The minimum Gasteiger partial charge on any atom is -0.481 e. The van der Waals surface area contributed by atoms with Crippen molar-refractivity contribution < 1.29 is 14.4 Å². The fourth-order valence-electron chi connectivity index (χ4n) is 3.94. The van der Waals surface area contributed by atoms with Crippen molar-refractivity contribution in [2.75, 3.05) is 0 Å². The first kappa shape index (κ1) is 21.7. The van der Waals surface area contributed by atoms with Crippen LogP contribution in [0.1, 0.15) is 43.4 Å². The molecule has 7 heteroatoms. The Morgan fingerprint density at radius 1 is 1.22 bits per heavy atom. The molecule has 0 atom stereocenters. The van der Waals surface area contributed by atoms with E-state index in [1.807, 2.05) is 30.3 Å². The predicted octanol–water partition coefficient (Wildman–Crippen LogP) is 4.43. The Kier molecular flexibility index (Phi) is 6.33. The summed E-state index contributed by atoms with van der Waals surface area (Å²) in [5.74, 6) is 0.414. The molecule has 2 N–H and O–H groups in total. The molecule has 0 unspecified atom stereocenters. The van der Waals surface area contributed by atoms with Crippen LogP contribution < -0.4 is 5.32 Å². The van der Waals surface area contributed by atoms with E-state index >= 15 is 0 Å². The van der Waals surface area contributed by atoms with Crippen LogP contribution in [0.5, 0.6) is 0 Å². The van der Waals surface area contributed by atoms with Crippen molar-refractivity contribution in [2.45, 2.75) is 45.7 Å². The summed E-state index contributed by atoms with van der Waals surface area (Å²) in [4.78, 5) is 15.4. The molecule has 1 aromatic heterocycles. The van der Waals surface area contributed by atoms with E-state index in [-0.39, 0.29) is 12.0 Å². The van der Waals surface area contributed by atoms with Crippen molar-refractivity contribution in [1.29, 1.82) is 5.26 Å². The summed E-state index contributed by atoms with van der Waals surface area (Å²) in [5.41, 5.74) is 4.15. The minimum absolute atomic E-state index is 0.202. The van der Waals surface area contributed by atoms with Crippen molar-refractivity contribution in [3.8, 4) is 28.9 Å². The number of carbonyl (C=O) groups is 1. The number of nitriles is 1. The summed E-state index contributed by atoms with van der Waals surface area (Å²) in [6, 6.07) is 16.1. The smallest absolute Gasteiger partial charge is 0.306 e. The lowest BCUT2D eigenvalue weighted by Crippen LogP contribution is -2.43. The van der Waals surface area contributed by atoms with Crippen LogP contribution in [0.4, 0.5) is 0 Å². The number of nitrogens with zero attached hydrogens (tertiary/aromatic N) is 3. The van der Waals surface area contributed by atoms with Crippen molar-refractivity contribution in [3.05, 3.63) is 59.2 Å². The van der Waals surface area contributed by atoms with Crippen molar-refractivity contribution in [1.82, 2.24) is 15.5 Å². The molecule has 0 spiro atoms. The number of aliphatic carboxylic acids is 1. The van der Waals surface area contributed by atoms with E-state index < -0.39 is 5.97 Å². The Morgan fingerprint density at radius 2 is 1.94 bits per heavy atom. The van der Waals surface area contributed by atoms with E-state index in [0.717, 1.165) is 17.5 Å². The Hall–Kier alpha value is -3.50. The van der Waals surface area contributed by atoms with Crippen molar-refractivity contribution in [2.24, 2.45) is 11.8 Å². The number of aromatic nitrogens is 2. The van der Waals surface area contributed by atoms with Gasteiger partial charge in [0.15, 0.2) is 0 Å². The second kappa shape index (κ2) is 9.33. The molecular formula is C25H26N4O3. The van der Waals surface area contributed by atoms with Gasteiger partial charge in [0.1, 0.15) is 0 Å². The maximum atomic E-state index is 10.9. The van der Waals surface area contributed by atoms with E-state index in [4.69, 9.17) is 9.63 Å². The minimum atomic E-state index is -0.731. The van der Waals surface area contributed by atoms with E-state index in [9.17, 15) is 10.1 Å². The molecule has 1 aliphatic rings. The zero-order chi connectivity index (χ0) is 22.7. The van der Waals surface area contributed by atoms with E-state index in [2.05, 4.69) is 47.5 Å². The topological polar surface area (TPSA) is 112 Å². The molecule has 0 radical (unpaired) electrons. The molecule has 1 saturated carbocycles. The van der Waals surface area contributed by atoms with Crippen LogP contribution in [0.15, 0.2) is 47.0 Å². The quantitative estimate of drug-likeness (QED) is 0.544. The second-order valence-electron chi connectivity index (χ2n) is 8.79. The number of carboxylic acids is 1. The Balaban J connectivity index is 1.44. The maximum absolute atomic E-state index is 10.9. The number of hydrogen-bond acceptors (Lipinski definition) is 6. The molecule has 7 nitrogen and oxygen atoms in total. The molecule has 3 aromatic rings. The number of nitrogens with one attached hydrogen (secondary N) is 1. The first-order valence-electron chi connectivity index (χ1n) is 10.9. The molecule has 2 aromatic carbocycles. The average molecular weight is 431 g/mol. The molecular weight excluding hydrogens is 404 g/mol. The summed E-state index contributed by atoms with van der Waals surface area (Å²) in [6.07, 6.45) is 2.30. The van der Waals surface area contributed by atoms with Gasteiger partial charge >= 0.3 is 5.97 Å². The number of hydrogen-bond donors (Lipinski definition) is 2. The van der Waals surface area contributed by atoms with Crippen LogP contribution in [0.2, 0.25) is 0 Å². The summed E-state index contributed by atoms with van der Waals surface area (Å²) < 4.78 is 5.46. The first-order valence-corrected chi connectivity index (χ1v) is 10.9. The summed E-state index contributed by atoms with van der Waals surface area (Å²) in [5, 5.41) is 26.1. The third-order valence-electron chi connectivity index (χ3n) is 5.80. The molecule has 1 fully saturated rings. The maximum Gasteiger partial charge on any atom is 0.306 e. The van der Waals surface area contributed by atoms with E-state index in [1.54, 1.807) is 0 Å². The van der Waals surface area contributed by atoms with Crippen LogP contribution in [0, 0.1) is 23.2 Å². The van der Waals surface area contributed by atoms with Gasteiger partial charge in [-0.3, -0.25) is 4.79 Å². The molecule has 1 aliphatic carbocycles. The van der Waals surface area contributed by atoms with Crippen LogP contribution in [0.3, 0.4) is 0 Å². The van der Waals surface area contributed by atoms with Gasteiger partial charge in [0, 0.05) is 23.7 Å². The highest BCUT2D eigenvalue weighted by atomic mass is 16.5. The van der Waals surface area contributed by atoms with Gasteiger partial charge in [-0.1, -0.05) is 37.2 Å². The van der Waals surface area contributed by atoms with Gasteiger partial charge in [-0.2, -0.15) is 10.2 Å². The zero-order valence-electron chi connectivity index (χ0n) is 18.2. The molecule has 0 amide bonds. The largest absolute Gasteiger partial charge is 0.481 e. The molecule has 32 heavy (non-hydrogen) atoms. The van der Waals surface area contributed by atoms with Gasteiger partial charge in [-0.05, 0) is 60.6 Å². The van der Waals surface area contributed by atoms with Crippen LogP contribution >= 0.6 is 0 Å². The number of benzene rings is 2. The van der Waals surface area contributed by atoms with Crippen LogP contribution in [0.25, 0.3) is 22.8 Å². The third kappa shape index (κ3) is 4.87. The SMILES string of the molecule is CC(C)Cc1ccc(-c2nc(-c3ccc(CNC4CC(C(=O)O)C4)cc3C#N)no2)cc1. The van der Waals surface area contributed by atoms with Crippen LogP contribution in [-0.4, -0.2) is 27.3 Å². The van der Waals surface area contributed by atoms with E-state index in [0.29, 0.717) is 48.1 Å². The highest BCUT2D eigenvalue weighted by molar-refractivity contribution is 5.71. The molecule has 164 valence electrons. The van der Waals surface area contributed by atoms with Gasteiger partial charge in [0.25, 0.3) is 5.89 Å². The predicted molar refractivity (Wildman–Crippen MR) is 119 cm³/mol. The Morgan fingerprint density at radius 3 is 2.59 bits per heavy atom. The molecule has 1 heterocycles. The van der Waals surface area contributed by atoms with Crippen LogP contribution in [-0.2, 0) is 17.8 Å². The Bertz CT molecular complexity index is 1140. The highest BCUT2D eigenvalue weighted by Crippen LogP contribution is 2.29. The lowest BCUT2D eigenvalue weighted by atomic mass is 9.80. The molecule has 4 rings (SSSR count). The summed E-state index contributed by atoms with van der Waals surface area (Å²) in [7, 11) is 0. The lowest BCUT2D eigenvalue weighted by Gasteiger charge is -2.33. The van der Waals surface area contributed by atoms with E-state index in [1.165, 1.54) is 5.56 Å². The van der Waals surface area contributed by atoms with Gasteiger partial charge in [-0.15, -0.1) is 0 Å². The normalized spacial score (nSPS) is 17.7. The summed E-state index contributed by atoms with van der Waals surface area (Å²) in [6.45, 7) is 4.95. The van der Waals surface area contributed by atoms with Gasteiger partial charge in [0.05, 0.1) is 17.6 Å². The Labute approximate surface area is 187 Å². The zero-order valence-corrected chi connectivity index (χ0v) is 18.2. The molecule has 0 bridgehead atoms. The lowest BCUT2D eigenvalue weighted by molar-refractivity contribution is -0.145. The fourth-order valence-corrected chi connectivity index (χ4v) is 3.94. The van der Waals surface area contributed by atoms with Gasteiger partial charge < -0.3 is 14.9 Å². The third-order valence-corrected chi connectivity index (χ3v) is 5.80. The highest BCUT2D eigenvalue weighted by Gasteiger charge is 2.33. The number of rotatable bonds is 8. The summed E-state index contributed by atoms with van der Waals surface area (Å²) >= 11 is 0. The fraction of sp³-hybridized carbons (Fsp3) is 0.360. The van der Waals surface area contributed by atoms with Gasteiger partial charge in [0.2, 0.25) is 5.82 Å². The molecule has 0 saturated heterocycles. The monoisotopic (exact) mass is 430 g/mol. The number of carboxylic acid groups (broad SMARTS) is 1. The standard InChI is InChI=1S/C25H26N4O3/c1-15(2)9-16-3-6-18(7-4-16)24-28-23(29-32-24)22-8-5-17(10-20(22)13-26)14-27-21-11-19(12-21)25(30)31/h3-8,10,15,19,21,27H,9,11-12,14H2,1-2H3,(H,30,31). The van der Waals surface area contributed by atoms with Gasteiger partial charge in [-0.25, -0.2) is 0 Å². The average Bonchev–Trinajstić information content (AvgIpc) is 3.22. The second-order valence-corrected chi connectivity index (χ2v) is 8.79. The first-order chi connectivity index (χ1) is 15.4. The van der Waals surface area contributed by atoms with Crippen molar-refractivity contribution >= 4 is 5.97 Å². The van der Waals surface area contributed by atoms with Crippen molar-refractivity contribution in [3.63, 3.8) is 0 Å².